The lowest BCUT2D eigenvalue weighted by atomic mass is 10.1. The molecule has 4 nitrogen and oxygen atoms in total. The van der Waals surface area contributed by atoms with Gasteiger partial charge in [-0.1, -0.05) is 5.16 Å². The Morgan fingerprint density at radius 3 is 2.29 bits per heavy atom. The Morgan fingerprint density at radius 2 is 1.82 bits per heavy atom. The van der Waals surface area contributed by atoms with Crippen LogP contribution in [0.5, 0.6) is 5.75 Å². The molecule has 0 spiro atoms. The highest BCUT2D eigenvalue weighted by Gasteiger charge is 2.30. The Morgan fingerprint density at radius 1 is 1.18 bits per heavy atom. The molecule has 1 aromatic heterocycles. The first-order valence-corrected chi connectivity index (χ1v) is 4.52. The van der Waals surface area contributed by atoms with Crippen LogP contribution in [0.3, 0.4) is 0 Å². The Balaban J connectivity index is 2.19. The lowest BCUT2D eigenvalue weighted by Crippen LogP contribution is -2.16. The molecular weight excluding hydrogens is 237 g/mol. The molecule has 0 aliphatic carbocycles. The average Bonchev–Trinajstić information content (AvgIpc) is 2.63. The summed E-state index contributed by atoms with van der Waals surface area (Å²) in [5.74, 6) is -0.159. The van der Waals surface area contributed by atoms with Crippen LogP contribution in [0.2, 0.25) is 0 Å². The average molecular weight is 244 g/mol. The zero-order valence-electron chi connectivity index (χ0n) is 8.36. The predicted molar refractivity (Wildman–Crippen MR) is 53.0 cm³/mol. The van der Waals surface area contributed by atoms with Crippen molar-refractivity contribution in [3.8, 4) is 17.0 Å². The second kappa shape index (κ2) is 4.00. The van der Waals surface area contributed by atoms with E-state index in [1.54, 1.807) is 0 Å². The number of anilines is 1. The number of nitrogens with zero attached hydrogens (tertiary/aromatic N) is 1. The van der Waals surface area contributed by atoms with Crippen LogP contribution in [0.15, 0.2) is 34.9 Å². The third-order valence-corrected chi connectivity index (χ3v) is 1.91. The Kier molecular flexibility index (Phi) is 2.66. The van der Waals surface area contributed by atoms with Gasteiger partial charge in [0.25, 0.3) is 0 Å². The van der Waals surface area contributed by atoms with Gasteiger partial charge in [0.05, 0.1) is 0 Å². The Hall–Kier alpha value is -2.18. The van der Waals surface area contributed by atoms with Gasteiger partial charge in [-0.2, -0.15) is 0 Å². The maximum absolute atomic E-state index is 11.9. The van der Waals surface area contributed by atoms with E-state index in [9.17, 15) is 13.2 Å². The van der Waals surface area contributed by atoms with E-state index in [1.165, 1.54) is 30.3 Å². The second-order valence-electron chi connectivity index (χ2n) is 3.19. The van der Waals surface area contributed by atoms with Crippen LogP contribution in [0, 0.1) is 0 Å². The van der Waals surface area contributed by atoms with Crippen LogP contribution < -0.4 is 10.5 Å². The smallest absolute Gasteiger partial charge is 0.406 e. The minimum absolute atomic E-state index is 0.135. The van der Waals surface area contributed by atoms with Gasteiger partial charge in [-0.3, -0.25) is 0 Å². The fraction of sp³-hybridized carbons (Fsp3) is 0.100. The minimum Gasteiger partial charge on any atom is -0.406 e. The summed E-state index contributed by atoms with van der Waals surface area (Å²) in [6, 6.07) is 6.71. The number of alkyl halides is 3. The van der Waals surface area contributed by atoms with E-state index in [-0.39, 0.29) is 11.6 Å². The third-order valence-electron chi connectivity index (χ3n) is 1.91. The van der Waals surface area contributed by atoms with Crippen molar-refractivity contribution in [3.05, 3.63) is 30.3 Å². The number of ether oxygens (including phenoxy) is 1. The molecule has 0 atom stereocenters. The summed E-state index contributed by atoms with van der Waals surface area (Å²) in [5, 5.41) is 3.63. The molecule has 0 bridgehead atoms. The summed E-state index contributed by atoms with van der Waals surface area (Å²) in [6.07, 6.45) is -4.69. The highest BCUT2D eigenvalue weighted by Crippen LogP contribution is 2.26. The molecule has 0 aliphatic heterocycles. The molecule has 1 aromatic carbocycles. The van der Waals surface area contributed by atoms with Crippen molar-refractivity contribution >= 4 is 5.88 Å². The summed E-state index contributed by atoms with van der Waals surface area (Å²) < 4.78 is 44.1. The van der Waals surface area contributed by atoms with E-state index >= 15 is 0 Å². The molecule has 0 unspecified atom stereocenters. The monoisotopic (exact) mass is 244 g/mol. The van der Waals surface area contributed by atoms with Crippen molar-refractivity contribution in [2.45, 2.75) is 6.36 Å². The molecule has 0 amide bonds. The van der Waals surface area contributed by atoms with E-state index < -0.39 is 6.36 Å². The van der Waals surface area contributed by atoms with Crippen molar-refractivity contribution in [3.63, 3.8) is 0 Å². The maximum atomic E-state index is 11.9. The molecule has 0 fully saturated rings. The molecule has 0 saturated carbocycles. The topological polar surface area (TPSA) is 61.3 Å². The number of rotatable bonds is 2. The third kappa shape index (κ3) is 2.90. The van der Waals surface area contributed by atoms with E-state index in [0.717, 1.165) is 0 Å². The number of aromatic nitrogens is 1. The van der Waals surface area contributed by atoms with Gasteiger partial charge in [0.1, 0.15) is 11.4 Å². The standard InChI is InChI=1S/C10H7F3N2O2/c11-10(12,13)16-7-3-1-6(2-4-7)8-5-9(14)17-15-8/h1-5H,14H2. The van der Waals surface area contributed by atoms with Crippen molar-refractivity contribution in [1.29, 1.82) is 0 Å². The molecule has 17 heavy (non-hydrogen) atoms. The second-order valence-corrected chi connectivity index (χ2v) is 3.19. The number of halogens is 3. The summed E-state index contributed by atoms with van der Waals surface area (Å²) in [5.41, 5.74) is 6.36. The van der Waals surface area contributed by atoms with E-state index in [0.29, 0.717) is 11.3 Å². The maximum Gasteiger partial charge on any atom is 0.573 e. The fourth-order valence-electron chi connectivity index (χ4n) is 1.25. The SMILES string of the molecule is Nc1cc(-c2ccc(OC(F)(F)F)cc2)no1. The number of nitrogens with two attached hydrogens (primary N) is 1. The first kappa shape index (κ1) is 11.3. The van der Waals surface area contributed by atoms with E-state index in [2.05, 4.69) is 14.4 Å². The first-order valence-electron chi connectivity index (χ1n) is 4.52. The zero-order chi connectivity index (χ0) is 12.5. The molecule has 90 valence electrons. The van der Waals surface area contributed by atoms with Crippen LogP contribution in [0.4, 0.5) is 19.1 Å². The van der Waals surface area contributed by atoms with Gasteiger partial charge < -0.3 is 15.0 Å². The summed E-state index contributed by atoms with van der Waals surface area (Å²) in [4.78, 5) is 0. The van der Waals surface area contributed by atoms with E-state index in [1.807, 2.05) is 0 Å². The largest absolute Gasteiger partial charge is 0.573 e. The van der Waals surface area contributed by atoms with Crippen LogP contribution >= 0.6 is 0 Å². The van der Waals surface area contributed by atoms with Crippen molar-refractivity contribution in [2.24, 2.45) is 0 Å². The van der Waals surface area contributed by atoms with Gasteiger partial charge >= 0.3 is 6.36 Å². The van der Waals surface area contributed by atoms with Gasteiger partial charge in [-0.25, -0.2) is 0 Å². The molecule has 0 radical (unpaired) electrons. The van der Waals surface area contributed by atoms with Gasteiger partial charge in [0.2, 0.25) is 5.88 Å². The number of nitrogen functional groups attached to an aromatic ring is 1. The lowest BCUT2D eigenvalue weighted by molar-refractivity contribution is -0.274. The molecule has 2 aromatic rings. The molecule has 2 rings (SSSR count). The minimum atomic E-state index is -4.69. The van der Waals surface area contributed by atoms with Crippen LogP contribution in [-0.4, -0.2) is 11.5 Å². The molecule has 1 heterocycles. The van der Waals surface area contributed by atoms with Gasteiger partial charge in [0, 0.05) is 11.6 Å². The van der Waals surface area contributed by atoms with Crippen LogP contribution in [0.25, 0.3) is 11.3 Å². The fourth-order valence-corrected chi connectivity index (χ4v) is 1.25. The van der Waals surface area contributed by atoms with Crippen LogP contribution in [0.1, 0.15) is 0 Å². The molecule has 0 saturated heterocycles. The van der Waals surface area contributed by atoms with E-state index in [4.69, 9.17) is 5.73 Å². The molecule has 0 aliphatic rings. The van der Waals surface area contributed by atoms with Gasteiger partial charge in [-0.05, 0) is 24.3 Å². The van der Waals surface area contributed by atoms with Crippen molar-refractivity contribution < 1.29 is 22.4 Å². The lowest BCUT2D eigenvalue weighted by Gasteiger charge is -2.08. The summed E-state index contributed by atoms with van der Waals surface area (Å²) >= 11 is 0. The van der Waals surface area contributed by atoms with Gasteiger partial charge in [0.15, 0.2) is 0 Å². The number of hydrogen-bond donors (Lipinski definition) is 1. The molecule has 2 N–H and O–H groups in total. The van der Waals surface area contributed by atoms with Crippen LogP contribution in [-0.2, 0) is 0 Å². The van der Waals surface area contributed by atoms with Gasteiger partial charge in [-0.15, -0.1) is 13.2 Å². The number of benzene rings is 1. The first-order chi connectivity index (χ1) is 7.94. The Labute approximate surface area is 93.8 Å². The molecule has 7 heteroatoms. The predicted octanol–water partition coefficient (Wildman–Crippen LogP) is 2.82. The normalized spacial score (nSPS) is 11.5. The quantitative estimate of drug-likeness (QED) is 0.882. The Bertz CT molecular complexity index is 505. The zero-order valence-corrected chi connectivity index (χ0v) is 8.36. The summed E-state index contributed by atoms with van der Waals surface area (Å²) in [7, 11) is 0. The van der Waals surface area contributed by atoms with Crippen molar-refractivity contribution in [1.82, 2.24) is 5.16 Å². The number of hydrogen-bond acceptors (Lipinski definition) is 4. The molecular formula is C10H7F3N2O2. The van der Waals surface area contributed by atoms with Crippen molar-refractivity contribution in [2.75, 3.05) is 5.73 Å². The summed E-state index contributed by atoms with van der Waals surface area (Å²) in [6.45, 7) is 0. The highest BCUT2D eigenvalue weighted by atomic mass is 19.4. The highest BCUT2D eigenvalue weighted by molar-refractivity contribution is 5.61.